The Bertz CT molecular complexity index is 139. The van der Waals surface area contributed by atoms with Gasteiger partial charge < -0.3 is 0 Å². The lowest BCUT2D eigenvalue weighted by Crippen LogP contribution is -2.08. The zero-order valence-electron chi connectivity index (χ0n) is 7.34. The lowest BCUT2D eigenvalue weighted by molar-refractivity contribution is 0.389. The van der Waals surface area contributed by atoms with E-state index in [2.05, 4.69) is 13.0 Å². The lowest BCUT2D eigenvalue weighted by Gasteiger charge is -2.14. The Morgan fingerprint density at radius 2 is 2.09 bits per heavy atom. The number of rotatable bonds is 3. The summed E-state index contributed by atoms with van der Waals surface area (Å²) in [5.74, 6) is 1.10. The van der Waals surface area contributed by atoms with Crippen LogP contribution in [0.2, 0.25) is 0 Å². The van der Waals surface area contributed by atoms with Gasteiger partial charge in [-0.2, -0.15) is 5.26 Å². The van der Waals surface area contributed by atoms with Gasteiger partial charge in [-0.3, -0.25) is 0 Å². The summed E-state index contributed by atoms with van der Waals surface area (Å²) in [6, 6.07) is 2.44. The van der Waals surface area contributed by atoms with Crippen molar-refractivity contribution >= 4 is 0 Å². The molecule has 1 unspecified atom stereocenters. The van der Waals surface area contributed by atoms with Crippen molar-refractivity contribution in [3.8, 4) is 6.07 Å². The van der Waals surface area contributed by atoms with Gasteiger partial charge in [0.1, 0.15) is 0 Å². The molecule has 0 bridgehead atoms. The molecule has 1 heteroatoms. The molecule has 0 spiro atoms. The van der Waals surface area contributed by atoms with E-state index in [0.29, 0.717) is 5.92 Å². The van der Waals surface area contributed by atoms with E-state index < -0.39 is 0 Å². The Balaban J connectivity index is 2.35. The minimum atomic E-state index is 0.363. The maximum absolute atomic E-state index is 8.87. The van der Waals surface area contributed by atoms with E-state index in [1.54, 1.807) is 0 Å². The van der Waals surface area contributed by atoms with Crippen LogP contribution in [0.1, 0.15) is 45.4 Å². The minimum Gasteiger partial charge on any atom is -0.198 e. The smallest absolute Gasteiger partial charge is 0.0658 e. The summed E-state index contributed by atoms with van der Waals surface area (Å²) in [5, 5.41) is 8.87. The topological polar surface area (TPSA) is 23.8 Å². The van der Waals surface area contributed by atoms with Gasteiger partial charge in [-0.05, 0) is 25.2 Å². The fourth-order valence-electron chi connectivity index (χ4n) is 2.08. The number of nitrogens with zero attached hydrogens (tertiary/aromatic N) is 1. The van der Waals surface area contributed by atoms with Crippen molar-refractivity contribution in [3.63, 3.8) is 0 Å². The third kappa shape index (κ3) is 2.22. The van der Waals surface area contributed by atoms with Gasteiger partial charge in [0.25, 0.3) is 0 Å². The Kier molecular flexibility index (Phi) is 3.42. The van der Waals surface area contributed by atoms with Gasteiger partial charge in [-0.1, -0.05) is 26.2 Å². The maximum atomic E-state index is 8.87. The predicted molar refractivity (Wildman–Crippen MR) is 46.0 cm³/mol. The van der Waals surface area contributed by atoms with Crippen LogP contribution in [0.5, 0.6) is 0 Å². The first-order valence-electron chi connectivity index (χ1n) is 4.78. The molecule has 0 aromatic rings. The van der Waals surface area contributed by atoms with E-state index in [9.17, 15) is 0 Å². The van der Waals surface area contributed by atoms with Crippen molar-refractivity contribution in [3.05, 3.63) is 0 Å². The van der Waals surface area contributed by atoms with E-state index in [-0.39, 0.29) is 0 Å². The van der Waals surface area contributed by atoms with Crippen molar-refractivity contribution in [1.82, 2.24) is 0 Å². The quantitative estimate of drug-likeness (QED) is 0.608. The van der Waals surface area contributed by atoms with Crippen LogP contribution >= 0.6 is 0 Å². The van der Waals surface area contributed by atoms with E-state index in [1.807, 2.05) is 0 Å². The van der Waals surface area contributed by atoms with Crippen LogP contribution in [0.3, 0.4) is 0 Å². The molecule has 1 saturated carbocycles. The molecule has 1 rings (SSSR count). The molecule has 1 fully saturated rings. The number of hydrogen-bond acceptors (Lipinski definition) is 1. The summed E-state index contributed by atoms with van der Waals surface area (Å²) in [6.07, 6.45) is 7.59. The molecule has 0 radical (unpaired) electrons. The predicted octanol–water partition coefficient (Wildman–Crippen LogP) is 3.12. The van der Waals surface area contributed by atoms with Gasteiger partial charge in [0.2, 0.25) is 0 Å². The number of hydrogen-bond donors (Lipinski definition) is 0. The molecule has 0 N–H and O–H groups in total. The Hall–Kier alpha value is -0.510. The highest BCUT2D eigenvalue weighted by Crippen LogP contribution is 2.33. The zero-order valence-corrected chi connectivity index (χ0v) is 7.34. The normalized spacial score (nSPS) is 21.5. The monoisotopic (exact) mass is 151 g/mol. The molecular weight excluding hydrogens is 134 g/mol. The van der Waals surface area contributed by atoms with Crippen LogP contribution in [0, 0.1) is 23.2 Å². The molecule has 0 aliphatic heterocycles. The van der Waals surface area contributed by atoms with Crippen LogP contribution in [0.4, 0.5) is 0 Å². The van der Waals surface area contributed by atoms with Crippen LogP contribution in [0.15, 0.2) is 0 Å². The van der Waals surface area contributed by atoms with Crippen LogP contribution < -0.4 is 0 Å². The zero-order chi connectivity index (χ0) is 8.10. The third-order valence-corrected chi connectivity index (χ3v) is 2.73. The Morgan fingerprint density at radius 3 is 2.55 bits per heavy atom. The maximum Gasteiger partial charge on any atom is 0.0658 e. The van der Waals surface area contributed by atoms with Crippen LogP contribution in [-0.4, -0.2) is 0 Å². The summed E-state index contributed by atoms with van der Waals surface area (Å²) in [7, 11) is 0. The second kappa shape index (κ2) is 4.38. The first kappa shape index (κ1) is 8.59. The van der Waals surface area contributed by atoms with Crippen molar-refractivity contribution in [1.29, 1.82) is 5.26 Å². The molecule has 11 heavy (non-hydrogen) atoms. The largest absolute Gasteiger partial charge is 0.198 e. The molecule has 0 aromatic carbocycles. The first-order chi connectivity index (χ1) is 5.38. The average Bonchev–Trinajstić information content (AvgIpc) is 2.52. The fraction of sp³-hybridized carbons (Fsp3) is 0.900. The van der Waals surface area contributed by atoms with E-state index in [4.69, 9.17) is 5.26 Å². The molecule has 1 aliphatic rings. The highest BCUT2D eigenvalue weighted by molar-refractivity contribution is 4.89. The molecule has 62 valence electrons. The van der Waals surface area contributed by atoms with E-state index in [1.165, 1.54) is 25.7 Å². The van der Waals surface area contributed by atoms with Crippen LogP contribution in [0.25, 0.3) is 0 Å². The SMILES string of the molecule is CCCC(C#N)C1CCCC1. The van der Waals surface area contributed by atoms with Crippen molar-refractivity contribution < 1.29 is 0 Å². The molecule has 1 atom stereocenters. The van der Waals surface area contributed by atoms with Gasteiger partial charge in [0, 0.05) is 5.92 Å². The summed E-state index contributed by atoms with van der Waals surface area (Å²) in [5.41, 5.74) is 0. The van der Waals surface area contributed by atoms with Gasteiger partial charge >= 0.3 is 0 Å². The van der Waals surface area contributed by atoms with Crippen LogP contribution in [-0.2, 0) is 0 Å². The third-order valence-electron chi connectivity index (χ3n) is 2.73. The highest BCUT2D eigenvalue weighted by Gasteiger charge is 2.23. The molecular formula is C10H17N. The molecule has 0 heterocycles. The van der Waals surface area contributed by atoms with E-state index in [0.717, 1.165) is 18.8 Å². The summed E-state index contributed by atoms with van der Waals surface area (Å²) < 4.78 is 0. The highest BCUT2D eigenvalue weighted by atomic mass is 14.3. The van der Waals surface area contributed by atoms with Crippen molar-refractivity contribution in [2.45, 2.75) is 45.4 Å². The average molecular weight is 151 g/mol. The lowest BCUT2D eigenvalue weighted by atomic mass is 9.89. The van der Waals surface area contributed by atoms with E-state index >= 15 is 0 Å². The second-order valence-electron chi connectivity index (χ2n) is 3.57. The molecule has 1 aliphatic carbocycles. The van der Waals surface area contributed by atoms with Gasteiger partial charge in [-0.15, -0.1) is 0 Å². The minimum absolute atomic E-state index is 0.363. The number of nitriles is 1. The van der Waals surface area contributed by atoms with Gasteiger partial charge in [0.05, 0.1) is 6.07 Å². The van der Waals surface area contributed by atoms with Gasteiger partial charge in [-0.25, -0.2) is 0 Å². The second-order valence-corrected chi connectivity index (χ2v) is 3.57. The molecule has 0 saturated heterocycles. The molecule has 1 nitrogen and oxygen atoms in total. The first-order valence-corrected chi connectivity index (χ1v) is 4.78. The molecule has 0 amide bonds. The summed E-state index contributed by atoms with van der Waals surface area (Å²) in [6.45, 7) is 2.17. The van der Waals surface area contributed by atoms with Crippen molar-refractivity contribution in [2.75, 3.05) is 0 Å². The Labute approximate surface area is 69.4 Å². The van der Waals surface area contributed by atoms with Crippen molar-refractivity contribution in [2.24, 2.45) is 11.8 Å². The summed E-state index contributed by atoms with van der Waals surface area (Å²) >= 11 is 0. The summed E-state index contributed by atoms with van der Waals surface area (Å²) in [4.78, 5) is 0. The fourth-order valence-corrected chi connectivity index (χ4v) is 2.08. The standard InChI is InChI=1S/C10H17N/c1-2-5-10(8-11)9-6-3-4-7-9/h9-10H,2-7H2,1H3. The molecule has 0 aromatic heterocycles. The Morgan fingerprint density at radius 1 is 1.45 bits per heavy atom. The van der Waals surface area contributed by atoms with Gasteiger partial charge in [0.15, 0.2) is 0 Å².